The fourth-order valence-electron chi connectivity index (χ4n) is 5.02. The smallest absolute Gasteiger partial charge is 0.255 e. The number of furan rings is 1. The largest absolute Gasteiger partial charge is 0.493 e. The van der Waals surface area contributed by atoms with E-state index in [-0.39, 0.29) is 18.1 Å². The van der Waals surface area contributed by atoms with E-state index in [2.05, 4.69) is 15.5 Å². The van der Waals surface area contributed by atoms with Crippen LogP contribution in [0.25, 0.3) is 33.4 Å². The molecule has 0 aliphatic carbocycles. The van der Waals surface area contributed by atoms with Gasteiger partial charge >= 0.3 is 0 Å². The van der Waals surface area contributed by atoms with Crippen LogP contribution in [-0.4, -0.2) is 35.5 Å². The number of amides is 1. The maximum atomic E-state index is 13.6. The highest BCUT2D eigenvalue weighted by molar-refractivity contribution is 6.12. The van der Waals surface area contributed by atoms with Crippen LogP contribution >= 0.6 is 0 Å². The lowest BCUT2D eigenvalue weighted by Gasteiger charge is -2.20. The first-order valence-electron chi connectivity index (χ1n) is 13.6. The highest BCUT2D eigenvalue weighted by Gasteiger charge is 2.30. The van der Waals surface area contributed by atoms with Crippen molar-refractivity contribution in [1.82, 2.24) is 15.5 Å². The van der Waals surface area contributed by atoms with Gasteiger partial charge in [-0.05, 0) is 44.0 Å². The summed E-state index contributed by atoms with van der Waals surface area (Å²) in [5, 5.41) is 7.35. The van der Waals surface area contributed by atoms with Gasteiger partial charge in [-0.2, -0.15) is 4.98 Å². The average molecular weight is 552 g/mol. The van der Waals surface area contributed by atoms with Gasteiger partial charge in [0.1, 0.15) is 17.1 Å². The molecule has 0 spiro atoms. The molecule has 0 radical (unpaired) electrons. The van der Waals surface area contributed by atoms with E-state index in [0.29, 0.717) is 46.0 Å². The van der Waals surface area contributed by atoms with Gasteiger partial charge < -0.3 is 19.0 Å². The van der Waals surface area contributed by atoms with Crippen molar-refractivity contribution >= 4 is 22.7 Å². The number of Topliss-reactive ketones (excluding diaryl/α,β-unsaturated/α-hetero) is 1. The van der Waals surface area contributed by atoms with Gasteiger partial charge in [-0.25, -0.2) is 0 Å². The summed E-state index contributed by atoms with van der Waals surface area (Å²) >= 11 is 0. The maximum absolute atomic E-state index is 13.6. The molecular weight excluding hydrogens is 518 g/mol. The second-order valence-corrected chi connectivity index (χ2v) is 10.8. The number of aryl methyl sites for hydroxylation is 2. The highest BCUT2D eigenvalue weighted by atomic mass is 16.5. The van der Waals surface area contributed by atoms with Crippen LogP contribution in [0.15, 0.2) is 69.9 Å². The lowest BCUT2D eigenvalue weighted by Crippen LogP contribution is -2.24. The summed E-state index contributed by atoms with van der Waals surface area (Å²) in [7, 11) is 1.60. The van der Waals surface area contributed by atoms with E-state index < -0.39 is 5.41 Å². The van der Waals surface area contributed by atoms with Gasteiger partial charge in [-0.15, -0.1) is 0 Å². The van der Waals surface area contributed by atoms with Gasteiger partial charge in [-0.3, -0.25) is 9.59 Å². The summed E-state index contributed by atoms with van der Waals surface area (Å²) < 4.78 is 17.2. The number of ether oxygens (including phenoxy) is 1. The van der Waals surface area contributed by atoms with Crippen LogP contribution in [0.2, 0.25) is 0 Å². The highest BCUT2D eigenvalue weighted by Crippen LogP contribution is 2.41. The van der Waals surface area contributed by atoms with E-state index in [4.69, 9.17) is 13.7 Å². The van der Waals surface area contributed by atoms with E-state index in [1.54, 1.807) is 7.05 Å². The number of carbonyl (C=O) groups excluding carboxylic acids is 2. The number of nitrogens with one attached hydrogen (secondary N) is 1. The molecule has 0 unspecified atom stereocenters. The van der Waals surface area contributed by atoms with E-state index in [0.717, 1.165) is 27.8 Å². The second kappa shape index (κ2) is 11.0. The molecule has 0 atom stereocenters. The van der Waals surface area contributed by atoms with Crippen molar-refractivity contribution in [3.63, 3.8) is 0 Å². The summed E-state index contributed by atoms with van der Waals surface area (Å²) in [5.41, 5.74) is 5.30. The standard InChI is InChI=1S/C33H33N3O5/c1-7-39-27-16-28-25(29(31(38)34-6)30(41-28)21-11-8-19(2)9-12-21)15-24(27)22-13-10-20(3)23(14-22)26(37)17-33(4,5)32-35-18-40-36-32/h8-16,18H,7,17H2,1-6H3,(H,34,38). The molecule has 8 nitrogen and oxygen atoms in total. The maximum Gasteiger partial charge on any atom is 0.255 e. The first-order valence-corrected chi connectivity index (χ1v) is 13.6. The van der Waals surface area contributed by atoms with Gasteiger partial charge in [0.25, 0.3) is 5.91 Å². The van der Waals surface area contributed by atoms with E-state index in [1.807, 2.05) is 89.2 Å². The van der Waals surface area contributed by atoms with Crippen molar-refractivity contribution in [2.75, 3.05) is 13.7 Å². The summed E-state index contributed by atoms with van der Waals surface area (Å²) in [6.45, 7) is 10.1. The minimum Gasteiger partial charge on any atom is -0.493 e. The van der Waals surface area contributed by atoms with E-state index in [1.165, 1.54) is 6.39 Å². The van der Waals surface area contributed by atoms with Gasteiger partial charge in [0.05, 0.1) is 12.2 Å². The van der Waals surface area contributed by atoms with Gasteiger partial charge in [0.2, 0.25) is 6.39 Å². The molecular formula is C33H33N3O5. The summed E-state index contributed by atoms with van der Waals surface area (Å²) in [5.74, 6) is 1.28. The number of carbonyl (C=O) groups is 2. The van der Waals surface area contributed by atoms with Crippen LogP contribution in [0.3, 0.4) is 0 Å². The Morgan fingerprint density at radius 1 is 1.00 bits per heavy atom. The van der Waals surface area contributed by atoms with Gasteiger partial charge in [0.15, 0.2) is 11.6 Å². The zero-order chi connectivity index (χ0) is 29.3. The zero-order valence-corrected chi connectivity index (χ0v) is 24.1. The molecule has 5 rings (SSSR count). The molecule has 0 aliphatic heterocycles. The van der Waals surface area contributed by atoms with Crippen LogP contribution < -0.4 is 10.1 Å². The van der Waals surface area contributed by atoms with Crippen molar-refractivity contribution < 1.29 is 23.3 Å². The predicted molar refractivity (Wildman–Crippen MR) is 157 cm³/mol. The SMILES string of the molecule is CCOc1cc2oc(-c3ccc(C)cc3)c(C(=O)NC)c2cc1-c1ccc(C)c(C(=O)CC(C)(C)c2ncon2)c1. The number of benzene rings is 3. The lowest BCUT2D eigenvalue weighted by molar-refractivity contribution is 0.0949. The number of fused-ring (bicyclic) bond motifs is 1. The van der Waals surface area contributed by atoms with Crippen molar-refractivity contribution in [3.8, 4) is 28.2 Å². The topological polar surface area (TPSA) is 107 Å². The van der Waals surface area contributed by atoms with Crippen molar-refractivity contribution in [1.29, 1.82) is 0 Å². The van der Waals surface area contributed by atoms with E-state index in [9.17, 15) is 9.59 Å². The number of rotatable bonds is 9. The zero-order valence-electron chi connectivity index (χ0n) is 24.1. The molecule has 0 saturated carbocycles. The Balaban J connectivity index is 1.64. The van der Waals surface area contributed by atoms with Crippen molar-refractivity contribution in [2.45, 2.75) is 46.5 Å². The summed E-state index contributed by atoms with van der Waals surface area (Å²) in [6.07, 6.45) is 1.47. The minimum absolute atomic E-state index is 0.0331. The number of aromatic nitrogens is 2. The van der Waals surface area contributed by atoms with Gasteiger partial charge in [-0.1, -0.05) is 61.0 Å². The molecule has 0 aliphatic rings. The van der Waals surface area contributed by atoms with E-state index >= 15 is 0 Å². The Kier molecular flexibility index (Phi) is 7.49. The Labute approximate surface area is 238 Å². The van der Waals surface area contributed by atoms with Gasteiger partial charge in [0, 0.05) is 47.0 Å². The molecule has 8 heteroatoms. The first-order chi connectivity index (χ1) is 19.6. The Bertz CT molecular complexity index is 1730. The Hall–Kier alpha value is -4.72. The predicted octanol–water partition coefficient (Wildman–Crippen LogP) is 7.08. The minimum atomic E-state index is -0.604. The third-order valence-corrected chi connectivity index (χ3v) is 7.28. The number of hydrogen-bond donors (Lipinski definition) is 1. The number of ketones is 1. The molecule has 0 bridgehead atoms. The fourth-order valence-corrected chi connectivity index (χ4v) is 5.02. The molecule has 1 amide bonds. The third-order valence-electron chi connectivity index (χ3n) is 7.28. The number of nitrogens with zero attached hydrogens (tertiary/aromatic N) is 2. The molecule has 1 N–H and O–H groups in total. The third kappa shape index (κ3) is 5.37. The Morgan fingerprint density at radius 3 is 2.39 bits per heavy atom. The molecule has 0 fully saturated rings. The first kappa shape index (κ1) is 27.8. The Morgan fingerprint density at radius 2 is 1.73 bits per heavy atom. The quantitative estimate of drug-likeness (QED) is 0.195. The van der Waals surface area contributed by atoms with Crippen LogP contribution in [0, 0.1) is 13.8 Å². The normalized spacial score (nSPS) is 11.6. The molecule has 3 aromatic carbocycles. The monoisotopic (exact) mass is 551 g/mol. The summed E-state index contributed by atoms with van der Waals surface area (Å²) in [6, 6.07) is 17.4. The lowest BCUT2D eigenvalue weighted by atomic mass is 9.83. The molecule has 210 valence electrons. The molecule has 0 saturated heterocycles. The van der Waals surface area contributed by atoms with Crippen LogP contribution in [0.5, 0.6) is 5.75 Å². The van der Waals surface area contributed by atoms with Crippen LogP contribution in [0.1, 0.15) is 64.9 Å². The molecule has 2 heterocycles. The molecule has 41 heavy (non-hydrogen) atoms. The van der Waals surface area contributed by atoms with Crippen molar-refractivity contribution in [3.05, 3.63) is 89.1 Å². The molecule has 2 aromatic heterocycles. The van der Waals surface area contributed by atoms with Crippen LogP contribution in [-0.2, 0) is 5.41 Å². The molecule has 5 aromatic rings. The number of hydrogen-bond acceptors (Lipinski definition) is 7. The second-order valence-electron chi connectivity index (χ2n) is 10.8. The van der Waals surface area contributed by atoms with Crippen molar-refractivity contribution in [2.24, 2.45) is 0 Å². The fraction of sp³-hybridized carbons (Fsp3) is 0.273. The summed E-state index contributed by atoms with van der Waals surface area (Å²) in [4.78, 5) is 30.9. The van der Waals surface area contributed by atoms with Crippen LogP contribution in [0.4, 0.5) is 0 Å². The average Bonchev–Trinajstić information content (AvgIpc) is 3.62.